The minimum absolute atomic E-state index is 0.00585. The van der Waals surface area contributed by atoms with Gasteiger partial charge in [0.2, 0.25) is 0 Å². The standard InChI is InChI=1S/C17H10ClF2NO2/c1-23-17(22)9-2-4-11-12(6-9)16(21-8-14(11)18)13-7-10(19)3-5-15(13)20/h2-8H,1H3. The summed E-state index contributed by atoms with van der Waals surface area (Å²) in [4.78, 5) is 15.8. The molecule has 23 heavy (non-hydrogen) atoms. The summed E-state index contributed by atoms with van der Waals surface area (Å²) in [5.41, 5.74) is 0.461. The summed E-state index contributed by atoms with van der Waals surface area (Å²) in [7, 11) is 1.26. The predicted molar refractivity (Wildman–Crippen MR) is 83.4 cm³/mol. The van der Waals surface area contributed by atoms with Gasteiger partial charge in [0.25, 0.3) is 0 Å². The van der Waals surface area contributed by atoms with Crippen LogP contribution in [0.15, 0.2) is 42.6 Å². The molecule has 3 rings (SSSR count). The second kappa shape index (κ2) is 5.93. The first kappa shape index (κ1) is 15.4. The van der Waals surface area contributed by atoms with Gasteiger partial charge in [-0.25, -0.2) is 13.6 Å². The Kier molecular flexibility index (Phi) is 3.96. The summed E-state index contributed by atoms with van der Waals surface area (Å²) in [6, 6.07) is 7.77. The average Bonchev–Trinajstić information content (AvgIpc) is 2.56. The van der Waals surface area contributed by atoms with Crippen molar-refractivity contribution < 1.29 is 18.3 Å². The lowest BCUT2D eigenvalue weighted by molar-refractivity contribution is 0.0601. The lowest BCUT2D eigenvalue weighted by Crippen LogP contribution is -2.01. The van der Waals surface area contributed by atoms with Crippen molar-refractivity contribution in [3.05, 3.63) is 64.8 Å². The number of nitrogens with zero attached hydrogens (tertiary/aromatic N) is 1. The third-order valence-corrected chi connectivity index (χ3v) is 3.74. The summed E-state index contributed by atoms with van der Waals surface area (Å²) in [5.74, 6) is -1.75. The van der Waals surface area contributed by atoms with Gasteiger partial charge in [0.15, 0.2) is 0 Å². The van der Waals surface area contributed by atoms with Gasteiger partial charge in [0.05, 0.1) is 23.4 Å². The lowest BCUT2D eigenvalue weighted by Gasteiger charge is -2.10. The fourth-order valence-electron chi connectivity index (χ4n) is 2.35. The third-order valence-electron chi connectivity index (χ3n) is 3.44. The normalized spacial score (nSPS) is 10.8. The monoisotopic (exact) mass is 333 g/mol. The maximum absolute atomic E-state index is 14.1. The molecule has 0 aliphatic heterocycles. The number of hydrogen-bond acceptors (Lipinski definition) is 3. The van der Waals surface area contributed by atoms with Gasteiger partial charge in [-0.05, 0) is 30.3 Å². The molecule has 0 aliphatic carbocycles. The zero-order valence-electron chi connectivity index (χ0n) is 11.9. The number of esters is 1. The maximum atomic E-state index is 14.1. The van der Waals surface area contributed by atoms with Gasteiger partial charge in [-0.15, -0.1) is 0 Å². The Morgan fingerprint density at radius 1 is 1.13 bits per heavy atom. The Morgan fingerprint density at radius 2 is 1.91 bits per heavy atom. The van der Waals surface area contributed by atoms with E-state index >= 15 is 0 Å². The quantitative estimate of drug-likeness (QED) is 0.642. The zero-order valence-corrected chi connectivity index (χ0v) is 12.7. The molecule has 0 bridgehead atoms. The van der Waals surface area contributed by atoms with E-state index < -0.39 is 17.6 Å². The van der Waals surface area contributed by atoms with Crippen LogP contribution in [0.3, 0.4) is 0 Å². The summed E-state index contributed by atoms with van der Waals surface area (Å²) in [5, 5.41) is 1.36. The molecule has 3 nitrogen and oxygen atoms in total. The number of carbonyl (C=O) groups is 1. The molecule has 6 heteroatoms. The van der Waals surface area contributed by atoms with Gasteiger partial charge in [-0.2, -0.15) is 0 Å². The van der Waals surface area contributed by atoms with Crippen molar-refractivity contribution in [2.75, 3.05) is 7.11 Å². The highest BCUT2D eigenvalue weighted by Crippen LogP contribution is 2.33. The van der Waals surface area contributed by atoms with Gasteiger partial charge >= 0.3 is 5.97 Å². The van der Waals surface area contributed by atoms with Crippen molar-refractivity contribution in [1.82, 2.24) is 4.98 Å². The molecule has 0 saturated carbocycles. The van der Waals surface area contributed by atoms with Crippen LogP contribution in [-0.4, -0.2) is 18.1 Å². The van der Waals surface area contributed by atoms with Gasteiger partial charge in [0, 0.05) is 22.5 Å². The SMILES string of the molecule is COC(=O)c1ccc2c(Cl)cnc(-c3cc(F)ccc3F)c2c1. The second-order valence-corrected chi connectivity index (χ2v) is 5.24. The highest BCUT2D eigenvalue weighted by Gasteiger charge is 2.15. The van der Waals surface area contributed by atoms with Crippen LogP contribution in [0, 0.1) is 11.6 Å². The van der Waals surface area contributed by atoms with Crippen molar-refractivity contribution in [1.29, 1.82) is 0 Å². The number of halogens is 3. The number of rotatable bonds is 2. The fraction of sp³-hybridized carbons (Fsp3) is 0.0588. The molecule has 116 valence electrons. The summed E-state index contributed by atoms with van der Waals surface area (Å²) in [6.45, 7) is 0. The molecule has 1 heterocycles. The number of ether oxygens (including phenoxy) is 1. The number of hydrogen-bond donors (Lipinski definition) is 0. The first-order valence-corrected chi connectivity index (χ1v) is 7.01. The Morgan fingerprint density at radius 3 is 2.65 bits per heavy atom. The van der Waals surface area contributed by atoms with E-state index in [9.17, 15) is 13.6 Å². The van der Waals surface area contributed by atoms with Crippen molar-refractivity contribution in [2.24, 2.45) is 0 Å². The van der Waals surface area contributed by atoms with Gasteiger partial charge < -0.3 is 4.74 Å². The number of pyridine rings is 1. The third kappa shape index (κ3) is 2.75. The fourth-order valence-corrected chi connectivity index (χ4v) is 2.56. The number of methoxy groups -OCH3 is 1. The summed E-state index contributed by atoms with van der Waals surface area (Å²) < 4.78 is 32.2. The maximum Gasteiger partial charge on any atom is 0.337 e. The molecular weight excluding hydrogens is 324 g/mol. The Balaban J connectivity index is 2.34. The topological polar surface area (TPSA) is 39.2 Å². The van der Waals surface area contributed by atoms with E-state index in [2.05, 4.69) is 9.72 Å². The van der Waals surface area contributed by atoms with Crippen LogP contribution in [0.4, 0.5) is 8.78 Å². The molecule has 1 aromatic heterocycles. The molecule has 0 aliphatic rings. The van der Waals surface area contributed by atoms with Crippen LogP contribution >= 0.6 is 11.6 Å². The molecule has 0 saturated heterocycles. The largest absolute Gasteiger partial charge is 0.465 e. The average molecular weight is 334 g/mol. The van der Waals surface area contributed by atoms with Gasteiger partial charge in [-0.3, -0.25) is 4.98 Å². The van der Waals surface area contributed by atoms with Crippen molar-refractivity contribution >= 4 is 28.3 Å². The molecule has 0 fully saturated rings. The van der Waals surface area contributed by atoms with Gasteiger partial charge in [-0.1, -0.05) is 17.7 Å². The molecule has 2 aromatic carbocycles. The van der Waals surface area contributed by atoms with Crippen molar-refractivity contribution in [2.45, 2.75) is 0 Å². The Labute approximate surface area is 135 Å². The van der Waals surface area contributed by atoms with Gasteiger partial charge in [0.1, 0.15) is 11.6 Å². The van der Waals surface area contributed by atoms with Crippen LogP contribution in [0.1, 0.15) is 10.4 Å². The van der Waals surface area contributed by atoms with E-state index in [0.717, 1.165) is 18.2 Å². The van der Waals surface area contributed by atoms with Crippen molar-refractivity contribution in [3.8, 4) is 11.3 Å². The molecule has 0 radical (unpaired) electrons. The van der Waals surface area contributed by atoms with E-state index in [0.29, 0.717) is 15.8 Å². The number of aromatic nitrogens is 1. The van der Waals surface area contributed by atoms with Crippen LogP contribution in [-0.2, 0) is 4.74 Å². The van der Waals surface area contributed by atoms with E-state index in [1.165, 1.54) is 19.4 Å². The minimum Gasteiger partial charge on any atom is -0.465 e. The Hall–Kier alpha value is -2.53. The molecule has 3 aromatic rings. The zero-order chi connectivity index (χ0) is 16.6. The van der Waals surface area contributed by atoms with E-state index in [-0.39, 0.29) is 16.8 Å². The summed E-state index contributed by atoms with van der Waals surface area (Å²) >= 11 is 6.11. The molecule has 0 amide bonds. The first-order chi connectivity index (χ1) is 11.0. The molecule has 0 atom stereocenters. The molecular formula is C17H10ClF2NO2. The summed E-state index contributed by atoms with van der Waals surface area (Å²) in [6.07, 6.45) is 1.36. The predicted octanol–water partition coefficient (Wildman–Crippen LogP) is 4.62. The lowest BCUT2D eigenvalue weighted by atomic mass is 10.0. The van der Waals surface area contributed by atoms with Crippen LogP contribution < -0.4 is 0 Å². The first-order valence-electron chi connectivity index (χ1n) is 6.63. The molecule has 0 unspecified atom stereocenters. The van der Waals surface area contributed by atoms with E-state index in [4.69, 9.17) is 11.6 Å². The van der Waals surface area contributed by atoms with Crippen LogP contribution in [0.2, 0.25) is 5.02 Å². The highest BCUT2D eigenvalue weighted by molar-refractivity contribution is 6.35. The smallest absolute Gasteiger partial charge is 0.337 e. The Bertz CT molecular complexity index is 928. The van der Waals surface area contributed by atoms with Crippen LogP contribution in [0.5, 0.6) is 0 Å². The van der Waals surface area contributed by atoms with E-state index in [1.807, 2.05) is 0 Å². The van der Waals surface area contributed by atoms with E-state index in [1.54, 1.807) is 12.1 Å². The number of benzene rings is 2. The second-order valence-electron chi connectivity index (χ2n) is 4.83. The highest BCUT2D eigenvalue weighted by atomic mass is 35.5. The molecule has 0 spiro atoms. The minimum atomic E-state index is -0.619. The van der Waals surface area contributed by atoms with Crippen molar-refractivity contribution in [3.63, 3.8) is 0 Å². The number of fused-ring (bicyclic) bond motifs is 1. The molecule has 0 N–H and O–H groups in total. The number of carbonyl (C=O) groups excluding carboxylic acids is 1. The van der Waals surface area contributed by atoms with Crippen LogP contribution in [0.25, 0.3) is 22.0 Å².